The molecule has 1 atom stereocenters. The number of likely N-dealkylation sites (tertiary alicyclic amines) is 1. The van der Waals surface area contributed by atoms with Gasteiger partial charge in [-0.3, -0.25) is 4.79 Å². The monoisotopic (exact) mass is 350 g/mol. The Bertz CT molecular complexity index is 560. The molecule has 1 unspecified atom stereocenters. The average molecular weight is 351 g/mol. The van der Waals surface area contributed by atoms with Crippen molar-refractivity contribution in [3.05, 3.63) is 23.8 Å². The number of carbonyl (C=O) groups excluding carboxylic acids is 1. The lowest BCUT2D eigenvalue weighted by molar-refractivity contribution is -0.0516. The van der Waals surface area contributed by atoms with E-state index in [0.29, 0.717) is 19.6 Å². The zero-order valence-electron chi connectivity index (χ0n) is 13.1. The molecule has 0 spiro atoms. The molecule has 23 heavy (non-hydrogen) atoms. The van der Waals surface area contributed by atoms with Crippen molar-refractivity contribution in [3.63, 3.8) is 0 Å². The second kappa shape index (κ2) is 7.79. The van der Waals surface area contributed by atoms with Gasteiger partial charge in [0, 0.05) is 13.1 Å². The molecule has 0 aromatic heterocycles. The topological polar surface area (TPSA) is 64.8 Å². The molecular weight excluding hydrogens is 330 g/mol. The number of hydrogen-bond acceptors (Lipinski definition) is 4. The van der Waals surface area contributed by atoms with Crippen molar-refractivity contribution in [2.75, 3.05) is 26.7 Å². The standard InChI is InChI=1S/C15H20F2N2O3.ClH/c1-15(8-18)6-7-19(9-15)13(20)10-4-3-5-11(21-2)12(10)22-14(16)17;/h3-5,14H,6-9,18H2,1-2H3;1H. The van der Waals surface area contributed by atoms with E-state index in [-0.39, 0.29) is 40.8 Å². The van der Waals surface area contributed by atoms with Crippen LogP contribution in [-0.4, -0.2) is 44.2 Å². The van der Waals surface area contributed by atoms with Crippen LogP contribution in [0.25, 0.3) is 0 Å². The van der Waals surface area contributed by atoms with Crippen molar-refractivity contribution in [1.82, 2.24) is 4.90 Å². The van der Waals surface area contributed by atoms with E-state index in [1.54, 1.807) is 11.0 Å². The number of benzene rings is 1. The molecule has 1 aliphatic heterocycles. The first-order valence-electron chi connectivity index (χ1n) is 7.01. The number of methoxy groups -OCH3 is 1. The van der Waals surface area contributed by atoms with Crippen molar-refractivity contribution in [2.45, 2.75) is 20.0 Å². The number of ether oxygens (including phenoxy) is 2. The Hall–Kier alpha value is -1.60. The molecule has 1 aromatic rings. The van der Waals surface area contributed by atoms with E-state index in [1.165, 1.54) is 19.2 Å². The molecule has 5 nitrogen and oxygen atoms in total. The van der Waals surface area contributed by atoms with E-state index < -0.39 is 6.61 Å². The van der Waals surface area contributed by atoms with Crippen LogP contribution >= 0.6 is 12.4 Å². The van der Waals surface area contributed by atoms with E-state index >= 15 is 0 Å². The SMILES string of the molecule is COc1cccc(C(=O)N2CCC(C)(CN)C2)c1OC(F)F.Cl. The minimum atomic E-state index is -3.03. The fraction of sp³-hybridized carbons (Fsp3) is 0.533. The highest BCUT2D eigenvalue weighted by Crippen LogP contribution is 2.35. The maximum absolute atomic E-state index is 12.6. The highest BCUT2D eigenvalue weighted by atomic mass is 35.5. The number of para-hydroxylation sites is 1. The molecular formula is C15H21ClF2N2O3. The normalized spacial score (nSPS) is 20.3. The third-order valence-electron chi connectivity index (χ3n) is 3.97. The molecule has 1 aromatic carbocycles. The lowest BCUT2D eigenvalue weighted by Gasteiger charge is -2.23. The maximum atomic E-state index is 12.6. The smallest absolute Gasteiger partial charge is 0.387 e. The maximum Gasteiger partial charge on any atom is 0.387 e. The summed E-state index contributed by atoms with van der Waals surface area (Å²) in [6.45, 7) is 0.471. The molecule has 1 heterocycles. The van der Waals surface area contributed by atoms with E-state index in [2.05, 4.69) is 4.74 Å². The first kappa shape index (κ1) is 19.4. The summed E-state index contributed by atoms with van der Waals surface area (Å²) in [5.74, 6) is -0.481. The molecule has 0 bridgehead atoms. The predicted molar refractivity (Wildman–Crippen MR) is 84.6 cm³/mol. The van der Waals surface area contributed by atoms with Gasteiger partial charge in [0.2, 0.25) is 0 Å². The second-order valence-electron chi connectivity index (χ2n) is 5.71. The highest BCUT2D eigenvalue weighted by Gasteiger charge is 2.36. The Labute approximate surface area is 140 Å². The van der Waals surface area contributed by atoms with Gasteiger partial charge in [0.05, 0.1) is 12.7 Å². The van der Waals surface area contributed by atoms with Crippen LogP contribution < -0.4 is 15.2 Å². The van der Waals surface area contributed by atoms with Gasteiger partial charge in [-0.25, -0.2) is 0 Å². The van der Waals surface area contributed by atoms with Crippen LogP contribution in [-0.2, 0) is 0 Å². The largest absolute Gasteiger partial charge is 0.493 e. The van der Waals surface area contributed by atoms with Crippen molar-refractivity contribution in [3.8, 4) is 11.5 Å². The number of amides is 1. The summed E-state index contributed by atoms with van der Waals surface area (Å²) in [7, 11) is 1.34. The van der Waals surface area contributed by atoms with Crippen LogP contribution in [0.3, 0.4) is 0 Å². The van der Waals surface area contributed by atoms with Crippen LogP contribution in [0.1, 0.15) is 23.7 Å². The Morgan fingerprint density at radius 2 is 2.17 bits per heavy atom. The second-order valence-corrected chi connectivity index (χ2v) is 5.71. The molecule has 1 aliphatic rings. The molecule has 130 valence electrons. The summed E-state index contributed by atoms with van der Waals surface area (Å²) in [5.41, 5.74) is 5.66. The average Bonchev–Trinajstić information content (AvgIpc) is 2.89. The Morgan fingerprint density at radius 1 is 1.48 bits per heavy atom. The molecule has 2 rings (SSSR count). The van der Waals surface area contributed by atoms with Gasteiger partial charge in [0.25, 0.3) is 5.91 Å². The van der Waals surface area contributed by atoms with Crippen LogP contribution in [0.2, 0.25) is 0 Å². The van der Waals surface area contributed by atoms with Crippen molar-refractivity contribution >= 4 is 18.3 Å². The van der Waals surface area contributed by atoms with Crippen LogP contribution in [0.5, 0.6) is 11.5 Å². The number of carbonyl (C=O) groups is 1. The highest BCUT2D eigenvalue weighted by molar-refractivity contribution is 5.98. The van der Waals surface area contributed by atoms with Crippen LogP contribution in [0.15, 0.2) is 18.2 Å². The van der Waals surface area contributed by atoms with Crippen molar-refractivity contribution < 1.29 is 23.0 Å². The fourth-order valence-electron chi connectivity index (χ4n) is 2.59. The summed E-state index contributed by atoms with van der Waals surface area (Å²) in [6, 6.07) is 4.51. The summed E-state index contributed by atoms with van der Waals surface area (Å²) in [4.78, 5) is 14.2. The van der Waals surface area contributed by atoms with Crippen LogP contribution in [0.4, 0.5) is 8.78 Å². The number of halogens is 3. The molecule has 0 radical (unpaired) electrons. The minimum absolute atomic E-state index is 0. The third-order valence-corrected chi connectivity index (χ3v) is 3.97. The molecule has 1 fully saturated rings. The van der Waals surface area contributed by atoms with Crippen LogP contribution in [0, 0.1) is 5.41 Å². The molecule has 2 N–H and O–H groups in total. The van der Waals surface area contributed by atoms with Gasteiger partial charge in [0.15, 0.2) is 11.5 Å². The van der Waals surface area contributed by atoms with Gasteiger partial charge in [-0.15, -0.1) is 12.4 Å². The zero-order chi connectivity index (χ0) is 16.3. The van der Waals surface area contributed by atoms with Gasteiger partial charge < -0.3 is 20.1 Å². The summed E-state index contributed by atoms with van der Waals surface area (Å²) >= 11 is 0. The lowest BCUT2D eigenvalue weighted by atomic mass is 9.90. The number of rotatable bonds is 5. The number of nitrogens with two attached hydrogens (primary N) is 1. The third kappa shape index (κ3) is 4.23. The van der Waals surface area contributed by atoms with Crippen molar-refractivity contribution in [1.29, 1.82) is 0 Å². The van der Waals surface area contributed by atoms with E-state index in [9.17, 15) is 13.6 Å². The zero-order valence-corrected chi connectivity index (χ0v) is 13.9. The molecule has 0 aliphatic carbocycles. The predicted octanol–water partition coefficient (Wildman–Crippen LogP) is 2.53. The first-order chi connectivity index (χ1) is 10.4. The van der Waals surface area contributed by atoms with E-state index in [4.69, 9.17) is 10.5 Å². The Balaban J connectivity index is 0.00000264. The molecule has 0 saturated carbocycles. The minimum Gasteiger partial charge on any atom is -0.493 e. The number of hydrogen-bond donors (Lipinski definition) is 1. The van der Waals surface area contributed by atoms with Gasteiger partial charge in [-0.2, -0.15) is 8.78 Å². The summed E-state index contributed by atoms with van der Waals surface area (Å²) < 4.78 is 34.7. The lowest BCUT2D eigenvalue weighted by Crippen LogP contribution is -2.34. The Morgan fingerprint density at radius 3 is 2.70 bits per heavy atom. The van der Waals surface area contributed by atoms with E-state index in [0.717, 1.165) is 6.42 Å². The molecule has 8 heteroatoms. The van der Waals surface area contributed by atoms with E-state index in [1.807, 2.05) is 6.92 Å². The Kier molecular flexibility index (Phi) is 6.58. The van der Waals surface area contributed by atoms with Gasteiger partial charge in [-0.1, -0.05) is 13.0 Å². The van der Waals surface area contributed by atoms with Gasteiger partial charge in [-0.05, 0) is 30.5 Å². The van der Waals surface area contributed by atoms with Gasteiger partial charge >= 0.3 is 6.61 Å². The van der Waals surface area contributed by atoms with Gasteiger partial charge in [0.1, 0.15) is 0 Å². The quantitative estimate of drug-likeness (QED) is 0.886. The number of alkyl halides is 2. The summed E-state index contributed by atoms with van der Waals surface area (Å²) in [5, 5.41) is 0. The first-order valence-corrected chi connectivity index (χ1v) is 7.01. The molecule has 1 amide bonds. The number of nitrogens with zero attached hydrogens (tertiary/aromatic N) is 1. The fourth-order valence-corrected chi connectivity index (χ4v) is 2.59. The summed E-state index contributed by atoms with van der Waals surface area (Å²) in [6.07, 6.45) is 0.782. The van der Waals surface area contributed by atoms with Crippen molar-refractivity contribution in [2.24, 2.45) is 11.1 Å². The molecule has 1 saturated heterocycles.